The first-order valence-electron chi connectivity index (χ1n) is 8.34. The lowest BCUT2D eigenvalue weighted by Crippen LogP contribution is -2.29. The number of carbonyl (C=O) groups is 1. The first kappa shape index (κ1) is 16.8. The summed E-state index contributed by atoms with van der Waals surface area (Å²) < 4.78 is 7.77. The average molecular weight is 334 g/mol. The Labute approximate surface area is 148 Å². The van der Waals surface area contributed by atoms with Gasteiger partial charge in [-0.25, -0.2) is 0 Å². The molecule has 0 spiro atoms. The number of aryl methyl sites for hydroxylation is 1. The molecule has 4 heteroatoms. The molecule has 1 N–H and O–H groups in total. The highest BCUT2D eigenvalue weighted by Crippen LogP contribution is 2.29. The van der Waals surface area contributed by atoms with Crippen LogP contribution in [0.1, 0.15) is 16.2 Å². The molecular weight excluding hydrogens is 312 g/mol. The van der Waals surface area contributed by atoms with Crippen LogP contribution in [0.3, 0.4) is 0 Å². The number of ether oxygens (including phenoxy) is 1. The van der Waals surface area contributed by atoms with Gasteiger partial charge < -0.3 is 14.6 Å². The Kier molecular flexibility index (Phi) is 5.19. The molecular formula is C21H22N2O2. The quantitative estimate of drug-likeness (QED) is 0.697. The normalized spacial score (nSPS) is 10.5. The van der Waals surface area contributed by atoms with Crippen molar-refractivity contribution >= 4 is 5.91 Å². The van der Waals surface area contributed by atoms with E-state index in [1.54, 1.807) is 0 Å². The fraction of sp³-hybridized carbons (Fsp3) is 0.190. The van der Waals surface area contributed by atoms with E-state index in [0.717, 1.165) is 22.6 Å². The van der Waals surface area contributed by atoms with E-state index in [1.165, 1.54) is 0 Å². The molecule has 0 saturated heterocycles. The molecule has 0 saturated carbocycles. The molecule has 0 fully saturated rings. The predicted molar refractivity (Wildman–Crippen MR) is 99.9 cm³/mol. The minimum absolute atomic E-state index is 0.0875. The van der Waals surface area contributed by atoms with Gasteiger partial charge in [0.2, 0.25) is 0 Å². The largest absolute Gasteiger partial charge is 0.491 e. The fourth-order valence-corrected chi connectivity index (χ4v) is 2.71. The van der Waals surface area contributed by atoms with Crippen molar-refractivity contribution in [1.29, 1.82) is 0 Å². The van der Waals surface area contributed by atoms with Crippen molar-refractivity contribution in [2.75, 3.05) is 13.2 Å². The highest BCUT2D eigenvalue weighted by molar-refractivity contribution is 5.92. The lowest BCUT2D eigenvalue weighted by Gasteiger charge is -2.12. The Morgan fingerprint density at radius 2 is 1.72 bits per heavy atom. The highest BCUT2D eigenvalue weighted by atomic mass is 16.5. The van der Waals surface area contributed by atoms with E-state index >= 15 is 0 Å². The molecule has 0 aliphatic carbocycles. The van der Waals surface area contributed by atoms with Crippen molar-refractivity contribution in [3.63, 3.8) is 0 Å². The number of aromatic nitrogens is 1. The fourth-order valence-electron chi connectivity index (χ4n) is 2.71. The first-order valence-corrected chi connectivity index (χ1v) is 8.34. The molecule has 3 rings (SSSR count). The van der Waals surface area contributed by atoms with E-state index in [1.807, 2.05) is 73.1 Å². The van der Waals surface area contributed by atoms with Crippen LogP contribution in [0.5, 0.6) is 5.75 Å². The van der Waals surface area contributed by atoms with Crippen LogP contribution in [0.2, 0.25) is 0 Å². The number of benzene rings is 2. The number of amides is 1. The van der Waals surface area contributed by atoms with Crippen LogP contribution in [0, 0.1) is 6.92 Å². The summed E-state index contributed by atoms with van der Waals surface area (Å²) in [4.78, 5) is 12.2. The van der Waals surface area contributed by atoms with Gasteiger partial charge in [-0.1, -0.05) is 48.5 Å². The summed E-state index contributed by atoms with van der Waals surface area (Å²) in [6.07, 6.45) is 0. The standard InChI is InChI=1S/C21H22N2O2/c1-16-12-13-19(23(16)2)21(24)22-14-15-25-20-11-7-6-10-18(20)17-8-4-3-5-9-17/h3-13H,14-15H2,1-2H3,(H,22,24). The van der Waals surface area contributed by atoms with Crippen LogP contribution >= 0.6 is 0 Å². The van der Waals surface area contributed by atoms with Gasteiger partial charge in [0.25, 0.3) is 5.91 Å². The molecule has 3 aromatic rings. The van der Waals surface area contributed by atoms with E-state index in [0.29, 0.717) is 18.8 Å². The minimum Gasteiger partial charge on any atom is -0.491 e. The van der Waals surface area contributed by atoms with E-state index in [4.69, 9.17) is 4.74 Å². The van der Waals surface area contributed by atoms with Crippen molar-refractivity contribution in [3.8, 4) is 16.9 Å². The van der Waals surface area contributed by atoms with Gasteiger partial charge >= 0.3 is 0 Å². The molecule has 1 amide bonds. The van der Waals surface area contributed by atoms with Gasteiger partial charge in [0.1, 0.15) is 18.1 Å². The third-order valence-corrected chi connectivity index (χ3v) is 4.22. The van der Waals surface area contributed by atoms with Crippen LogP contribution in [-0.4, -0.2) is 23.6 Å². The van der Waals surface area contributed by atoms with Gasteiger partial charge in [0.05, 0.1) is 6.54 Å². The number of para-hydroxylation sites is 1. The molecule has 25 heavy (non-hydrogen) atoms. The summed E-state index contributed by atoms with van der Waals surface area (Å²) in [6.45, 7) is 2.84. The molecule has 0 atom stereocenters. The van der Waals surface area contributed by atoms with E-state index < -0.39 is 0 Å². The predicted octanol–water partition coefficient (Wildman–Crippen LogP) is 3.81. The van der Waals surface area contributed by atoms with Crippen LogP contribution < -0.4 is 10.1 Å². The molecule has 0 bridgehead atoms. The Hall–Kier alpha value is -3.01. The highest BCUT2D eigenvalue weighted by Gasteiger charge is 2.10. The number of nitrogens with one attached hydrogen (secondary N) is 1. The summed E-state index contributed by atoms with van der Waals surface area (Å²) in [6, 6.07) is 21.8. The maximum Gasteiger partial charge on any atom is 0.268 e. The van der Waals surface area contributed by atoms with Crippen molar-refractivity contribution in [2.24, 2.45) is 7.05 Å². The maximum atomic E-state index is 12.2. The summed E-state index contributed by atoms with van der Waals surface area (Å²) >= 11 is 0. The minimum atomic E-state index is -0.0875. The molecule has 4 nitrogen and oxygen atoms in total. The summed E-state index contributed by atoms with van der Waals surface area (Å²) in [7, 11) is 1.89. The summed E-state index contributed by atoms with van der Waals surface area (Å²) in [5.41, 5.74) is 3.87. The number of rotatable bonds is 6. The van der Waals surface area contributed by atoms with Crippen LogP contribution in [0.15, 0.2) is 66.7 Å². The first-order chi connectivity index (χ1) is 12.2. The van der Waals surface area contributed by atoms with Crippen molar-refractivity contribution in [1.82, 2.24) is 9.88 Å². The molecule has 1 aromatic heterocycles. The lowest BCUT2D eigenvalue weighted by molar-refractivity contribution is 0.0938. The van der Waals surface area contributed by atoms with Crippen LogP contribution in [-0.2, 0) is 7.05 Å². The second-order valence-corrected chi connectivity index (χ2v) is 5.89. The Morgan fingerprint density at radius 1 is 1.00 bits per heavy atom. The second-order valence-electron chi connectivity index (χ2n) is 5.89. The Morgan fingerprint density at radius 3 is 2.44 bits per heavy atom. The third-order valence-electron chi connectivity index (χ3n) is 4.22. The van der Waals surface area contributed by atoms with Gasteiger partial charge in [-0.3, -0.25) is 4.79 Å². The van der Waals surface area contributed by atoms with Gasteiger partial charge in [-0.2, -0.15) is 0 Å². The monoisotopic (exact) mass is 334 g/mol. The molecule has 0 aliphatic rings. The van der Waals surface area contributed by atoms with Crippen molar-refractivity contribution in [2.45, 2.75) is 6.92 Å². The number of hydrogen-bond acceptors (Lipinski definition) is 2. The number of carbonyl (C=O) groups excluding carboxylic acids is 1. The van der Waals surface area contributed by atoms with Gasteiger partial charge in [0.15, 0.2) is 0 Å². The molecule has 0 unspecified atom stereocenters. The van der Waals surface area contributed by atoms with Crippen LogP contribution in [0.4, 0.5) is 0 Å². The van der Waals surface area contributed by atoms with Crippen molar-refractivity contribution in [3.05, 3.63) is 78.1 Å². The van der Waals surface area contributed by atoms with Crippen molar-refractivity contribution < 1.29 is 9.53 Å². The van der Waals surface area contributed by atoms with E-state index in [9.17, 15) is 4.79 Å². The Balaban J connectivity index is 1.58. The zero-order valence-corrected chi connectivity index (χ0v) is 14.5. The molecule has 2 aromatic carbocycles. The van der Waals surface area contributed by atoms with Gasteiger partial charge in [-0.05, 0) is 30.7 Å². The summed E-state index contributed by atoms with van der Waals surface area (Å²) in [5, 5.41) is 2.90. The van der Waals surface area contributed by atoms with E-state index in [-0.39, 0.29) is 5.91 Å². The Bertz CT molecular complexity index is 853. The SMILES string of the molecule is Cc1ccc(C(=O)NCCOc2ccccc2-c2ccccc2)n1C. The zero-order chi connectivity index (χ0) is 17.6. The molecule has 1 heterocycles. The molecule has 0 aliphatic heterocycles. The van der Waals surface area contributed by atoms with Gasteiger partial charge in [-0.15, -0.1) is 0 Å². The molecule has 128 valence electrons. The number of hydrogen-bond donors (Lipinski definition) is 1. The maximum absolute atomic E-state index is 12.2. The topological polar surface area (TPSA) is 43.3 Å². The lowest BCUT2D eigenvalue weighted by atomic mass is 10.1. The zero-order valence-electron chi connectivity index (χ0n) is 14.5. The smallest absolute Gasteiger partial charge is 0.268 e. The van der Waals surface area contributed by atoms with Gasteiger partial charge in [0, 0.05) is 18.3 Å². The average Bonchev–Trinajstić information content (AvgIpc) is 2.99. The van der Waals surface area contributed by atoms with E-state index in [2.05, 4.69) is 17.4 Å². The molecule has 0 radical (unpaired) electrons. The second kappa shape index (κ2) is 7.71. The van der Waals surface area contributed by atoms with Crippen LogP contribution in [0.25, 0.3) is 11.1 Å². The summed E-state index contributed by atoms with van der Waals surface area (Å²) in [5.74, 6) is 0.730. The third kappa shape index (κ3) is 3.91. The number of nitrogens with zero attached hydrogens (tertiary/aromatic N) is 1.